The molecule has 0 atom stereocenters. The second-order valence-electron chi connectivity index (χ2n) is 4.45. The van der Waals surface area contributed by atoms with Crippen molar-refractivity contribution in [2.45, 2.75) is 20.5 Å². The number of hydrogen-bond donors (Lipinski definition) is 1. The lowest BCUT2D eigenvalue weighted by Gasteiger charge is -2.21. The van der Waals surface area contributed by atoms with Crippen molar-refractivity contribution in [1.29, 1.82) is 0 Å². The Morgan fingerprint density at radius 3 is 2.73 bits per heavy atom. The third-order valence-corrected chi connectivity index (χ3v) is 2.31. The quantitative estimate of drug-likeness (QED) is 0.840. The predicted molar refractivity (Wildman–Crippen MR) is 62.0 cm³/mol. The van der Waals surface area contributed by atoms with Crippen molar-refractivity contribution in [2.75, 3.05) is 13.2 Å². The number of aliphatic hydroxyl groups is 1. The molecule has 0 bridgehead atoms. The lowest BCUT2D eigenvalue weighted by Crippen LogP contribution is -2.23. The molecule has 1 aromatic carbocycles. The van der Waals surface area contributed by atoms with Gasteiger partial charge in [0.05, 0.1) is 19.8 Å². The molecule has 0 aliphatic carbocycles. The zero-order valence-corrected chi connectivity index (χ0v) is 9.92. The van der Waals surface area contributed by atoms with E-state index in [2.05, 4.69) is 0 Å². The van der Waals surface area contributed by atoms with Gasteiger partial charge in [0.1, 0.15) is 0 Å². The van der Waals surface area contributed by atoms with E-state index < -0.39 is 0 Å². The largest absolute Gasteiger partial charge is 0.396 e. The Morgan fingerprint density at radius 1 is 1.40 bits per heavy atom. The van der Waals surface area contributed by atoms with Crippen molar-refractivity contribution in [2.24, 2.45) is 5.41 Å². The number of benzene rings is 1. The van der Waals surface area contributed by atoms with E-state index in [0.29, 0.717) is 13.2 Å². The van der Waals surface area contributed by atoms with Crippen LogP contribution in [0.4, 0.5) is 0 Å². The highest BCUT2D eigenvalue weighted by Gasteiger charge is 2.16. The molecule has 0 aromatic heterocycles. The predicted octanol–water partition coefficient (Wildman–Crippen LogP) is 2.88. The van der Waals surface area contributed by atoms with E-state index in [1.165, 1.54) is 0 Å². The Labute approximate surface area is 95.8 Å². The van der Waals surface area contributed by atoms with Crippen LogP contribution in [0, 0.1) is 5.41 Å². The van der Waals surface area contributed by atoms with E-state index in [4.69, 9.17) is 21.4 Å². The second kappa shape index (κ2) is 5.50. The molecular weight excluding hydrogens is 212 g/mol. The Morgan fingerprint density at radius 2 is 2.13 bits per heavy atom. The molecule has 0 saturated heterocycles. The van der Waals surface area contributed by atoms with Crippen LogP contribution in [0.3, 0.4) is 0 Å². The fourth-order valence-electron chi connectivity index (χ4n) is 1.12. The third-order valence-electron chi connectivity index (χ3n) is 2.08. The summed E-state index contributed by atoms with van der Waals surface area (Å²) in [5, 5.41) is 9.75. The minimum Gasteiger partial charge on any atom is -0.396 e. The standard InChI is InChI=1S/C12H17ClO2/c1-12(2,8-14)9-15-7-10-4-3-5-11(13)6-10/h3-6,14H,7-9H2,1-2H3. The molecule has 3 heteroatoms. The van der Waals surface area contributed by atoms with Gasteiger partial charge in [-0.15, -0.1) is 0 Å². The van der Waals surface area contributed by atoms with Crippen molar-refractivity contribution in [1.82, 2.24) is 0 Å². The number of aliphatic hydroxyl groups excluding tert-OH is 1. The van der Waals surface area contributed by atoms with Gasteiger partial charge in [0.2, 0.25) is 0 Å². The summed E-state index contributed by atoms with van der Waals surface area (Å²) in [6.45, 7) is 5.12. The van der Waals surface area contributed by atoms with E-state index in [9.17, 15) is 0 Å². The van der Waals surface area contributed by atoms with Crippen LogP contribution >= 0.6 is 11.6 Å². The van der Waals surface area contributed by atoms with Gasteiger partial charge < -0.3 is 9.84 Å². The van der Waals surface area contributed by atoms with Crippen LogP contribution in [0.1, 0.15) is 19.4 Å². The lowest BCUT2D eigenvalue weighted by molar-refractivity contribution is 0.0198. The van der Waals surface area contributed by atoms with E-state index in [-0.39, 0.29) is 12.0 Å². The van der Waals surface area contributed by atoms with E-state index in [1.54, 1.807) is 0 Å². The Kier molecular flexibility index (Phi) is 4.58. The SMILES string of the molecule is CC(C)(CO)COCc1cccc(Cl)c1. The van der Waals surface area contributed by atoms with Crippen LogP contribution < -0.4 is 0 Å². The molecule has 15 heavy (non-hydrogen) atoms. The summed E-state index contributed by atoms with van der Waals surface area (Å²) < 4.78 is 5.51. The average Bonchev–Trinajstić information content (AvgIpc) is 2.18. The monoisotopic (exact) mass is 228 g/mol. The fraction of sp³-hybridized carbons (Fsp3) is 0.500. The molecule has 0 amide bonds. The molecule has 0 heterocycles. The minimum absolute atomic E-state index is 0.128. The lowest BCUT2D eigenvalue weighted by atomic mass is 9.97. The molecule has 0 aliphatic heterocycles. The van der Waals surface area contributed by atoms with Gasteiger partial charge in [-0.25, -0.2) is 0 Å². The minimum atomic E-state index is -0.182. The van der Waals surface area contributed by atoms with Gasteiger partial charge in [0, 0.05) is 10.4 Å². The van der Waals surface area contributed by atoms with Crippen LogP contribution in [-0.2, 0) is 11.3 Å². The maximum Gasteiger partial charge on any atom is 0.0717 e. The highest BCUT2D eigenvalue weighted by atomic mass is 35.5. The average molecular weight is 229 g/mol. The highest BCUT2D eigenvalue weighted by Crippen LogP contribution is 2.16. The molecule has 0 unspecified atom stereocenters. The molecule has 0 radical (unpaired) electrons. The van der Waals surface area contributed by atoms with E-state index >= 15 is 0 Å². The molecular formula is C12H17ClO2. The smallest absolute Gasteiger partial charge is 0.0717 e. The van der Waals surface area contributed by atoms with Crippen molar-refractivity contribution < 1.29 is 9.84 Å². The summed E-state index contributed by atoms with van der Waals surface area (Å²) in [6, 6.07) is 7.59. The number of hydrogen-bond acceptors (Lipinski definition) is 2. The normalized spacial score (nSPS) is 11.7. The molecule has 2 nitrogen and oxygen atoms in total. The molecule has 0 aliphatic rings. The number of halogens is 1. The van der Waals surface area contributed by atoms with Crippen molar-refractivity contribution in [3.05, 3.63) is 34.9 Å². The topological polar surface area (TPSA) is 29.5 Å². The maximum absolute atomic E-state index is 9.03. The molecule has 0 saturated carbocycles. The van der Waals surface area contributed by atoms with Crippen LogP contribution in [0.5, 0.6) is 0 Å². The summed E-state index contributed by atoms with van der Waals surface area (Å²) in [6.07, 6.45) is 0. The first kappa shape index (κ1) is 12.5. The molecule has 1 N–H and O–H groups in total. The summed E-state index contributed by atoms with van der Waals surface area (Å²) in [4.78, 5) is 0. The molecule has 84 valence electrons. The van der Waals surface area contributed by atoms with Crippen molar-refractivity contribution >= 4 is 11.6 Å². The first-order chi connectivity index (χ1) is 7.03. The Balaban J connectivity index is 2.38. The van der Waals surface area contributed by atoms with Gasteiger partial charge in [-0.2, -0.15) is 0 Å². The summed E-state index contributed by atoms with van der Waals surface area (Å²) >= 11 is 5.85. The van der Waals surface area contributed by atoms with Crippen LogP contribution in [-0.4, -0.2) is 18.3 Å². The first-order valence-corrected chi connectivity index (χ1v) is 5.34. The molecule has 1 rings (SSSR count). The Bertz CT molecular complexity index is 310. The number of rotatable bonds is 5. The summed E-state index contributed by atoms with van der Waals surface area (Å²) in [5.74, 6) is 0. The van der Waals surface area contributed by atoms with E-state index in [0.717, 1.165) is 10.6 Å². The molecule has 1 aromatic rings. The summed E-state index contributed by atoms with van der Waals surface area (Å²) in [5.41, 5.74) is 0.870. The van der Waals surface area contributed by atoms with Gasteiger partial charge in [-0.3, -0.25) is 0 Å². The molecule has 0 fully saturated rings. The van der Waals surface area contributed by atoms with E-state index in [1.807, 2.05) is 38.1 Å². The zero-order valence-electron chi connectivity index (χ0n) is 9.16. The molecule has 0 spiro atoms. The first-order valence-electron chi connectivity index (χ1n) is 4.96. The van der Waals surface area contributed by atoms with Gasteiger partial charge in [-0.1, -0.05) is 37.6 Å². The van der Waals surface area contributed by atoms with Crippen LogP contribution in [0.2, 0.25) is 5.02 Å². The third kappa shape index (κ3) is 4.65. The van der Waals surface area contributed by atoms with Gasteiger partial charge in [0.25, 0.3) is 0 Å². The summed E-state index contributed by atoms with van der Waals surface area (Å²) in [7, 11) is 0. The maximum atomic E-state index is 9.03. The van der Waals surface area contributed by atoms with Crippen molar-refractivity contribution in [3.8, 4) is 0 Å². The van der Waals surface area contributed by atoms with Gasteiger partial charge in [-0.05, 0) is 17.7 Å². The van der Waals surface area contributed by atoms with Crippen LogP contribution in [0.25, 0.3) is 0 Å². The van der Waals surface area contributed by atoms with Crippen LogP contribution in [0.15, 0.2) is 24.3 Å². The second-order valence-corrected chi connectivity index (χ2v) is 4.88. The van der Waals surface area contributed by atoms with Gasteiger partial charge in [0.15, 0.2) is 0 Å². The van der Waals surface area contributed by atoms with Crippen molar-refractivity contribution in [3.63, 3.8) is 0 Å². The number of ether oxygens (including phenoxy) is 1. The van der Waals surface area contributed by atoms with Gasteiger partial charge >= 0.3 is 0 Å². The Hall–Kier alpha value is -0.570. The zero-order chi connectivity index (χ0) is 11.3. The highest BCUT2D eigenvalue weighted by molar-refractivity contribution is 6.30. The fourth-order valence-corrected chi connectivity index (χ4v) is 1.33.